The number of pyridine rings is 1. The SMILES string of the molecule is COC(=O)OCOc1c2n(ccc1=O)N([C@H]1c3ccc(F)cc3CSc3ccccc31)[C@@H]1COC[C@H](C)N1C2=O. The van der Waals surface area contributed by atoms with Crippen LogP contribution in [-0.4, -0.2) is 61.0 Å². The maximum atomic E-state index is 14.4. The highest BCUT2D eigenvalue weighted by Crippen LogP contribution is 2.44. The fraction of sp³-hybridized carbons (Fsp3) is 0.321. The molecular weight excluding hydrogens is 541 g/mol. The van der Waals surface area contributed by atoms with Crippen LogP contribution in [0.1, 0.15) is 40.1 Å². The summed E-state index contributed by atoms with van der Waals surface area (Å²) in [6.07, 6.45) is -0.00932. The van der Waals surface area contributed by atoms with Gasteiger partial charge in [-0.15, -0.1) is 11.8 Å². The molecule has 2 aromatic carbocycles. The number of hydrogen-bond acceptors (Lipinski definition) is 9. The van der Waals surface area contributed by atoms with Crippen LogP contribution in [-0.2, 0) is 20.0 Å². The first kappa shape index (κ1) is 26.2. The van der Waals surface area contributed by atoms with Gasteiger partial charge in [-0.2, -0.15) is 0 Å². The van der Waals surface area contributed by atoms with E-state index >= 15 is 0 Å². The fourth-order valence-electron chi connectivity index (χ4n) is 5.54. The van der Waals surface area contributed by atoms with Gasteiger partial charge in [0.2, 0.25) is 18.0 Å². The number of nitrogens with zero attached hydrogens (tertiary/aromatic N) is 3. The zero-order valence-corrected chi connectivity index (χ0v) is 22.6. The number of morpholine rings is 1. The highest BCUT2D eigenvalue weighted by Gasteiger charge is 2.48. The molecule has 0 spiro atoms. The Balaban J connectivity index is 1.58. The molecule has 6 rings (SSSR count). The summed E-state index contributed by atoms with van der Waals surface area (Å²) >= 11 is 1.61. The van der Waals surface area contributed by atoms with Crippen molar-refractivity contribution in [3.63, 3.8) is 0 Å². The van der Waals surface area contributed by atoms with Crippen LogP contribution in [0.3, 0.4) is 0 Å². The van der Waals surface area contributed by atoms with E-state index in [0.717, 1.165) is 28.7 Å². The second-order valence-corrected chi connectivity index (χ2v) is 10.6. The quantitative estimate of drug-likeness (QED) is 0.346. The van der Waals surface area contributed by atoms with Crippen LogP contribution in [0.25, 0.3) is 0 Å². The molecule has 0 radical (unpaired) electrons. The third-order valence-corrected chi connectivity index (χ3v) is 8.39. The number of methoxy groups -OCH3 is 1. The Bertz CT molecular complexity index is 1550. The molecule has 1 aromatic heterocycles. The van der Waals surface area contributed by atoms with Crippen LogP contribution in [0.2, 0.25) is 0 Å². The number of halogens is 1. The van der Waals surface area contributed by atoms with Gasteiger partial charge in [0.15, 0.2) is 5.69 Å². The Kier molecular flexibility index (Phi) is 6.88. The Morgan fingerprint density at radius 1 is 1.12 bits per heavy atom. The van der Waals surface area contributed by atoms with E-state index < -0.39 is 36.5 Å². The predicted octanol–water partition coefficient (Wildman–Crippen LogP) is 3.64. The molecule has 10 nitrogen and oxygen atoms in total. The van der Waals surface area contributed by atoms with Gasteiger partial charge in [0.05, 0.1) is 32.4 Å². The topological polar surface area (TPSA) is 99.5 Å². The summed E-state index contributed by atoms with van der Waals surface area (Å²) < 4.78 is 36.9. The second kappa shape index (κ2) is 10.5. The van der Waals surface area contributed by atoms with E-state index in [9.17, 15) is 18.8 Å². The van der Waals surface area contributed by atoms with Crippen molar-refractivity contribution in [2.45, 2.75) is 35.8 Å². The third kappa shape index (κ3) is 4.37. The van der Waals surface area contributed by atoms with E-state index in [4.69, 9.17) is 14.2 Å². The molecule has 1 saturated heterocycles. The average molecular weight is 568 g/mol. The lowest BCUT2D eigenvalue weighted by atomic mass is 9.93. The number of amides is 1. The number of hydrogen-bond donors (Lipinski definition) is 0. The maximum absolute atomic E-state index is 14.4. The summed E-state index contributed by atoms with van der Waals surface area (Å²) in [5, 5.41) is 1.99. The van der Waals surface area contributed by atoms with E-state index in [1.54, 1.807) is 33.5 Å². The molecule has 208 valence electrons. The van der Waals surface area contributed by atoms with Crippen LogP contribution in [0.4, 0.5) is 9.18 Å². The van der Waals surface area contributed by atoms with Gasteiger partial charge in [0.1, 0.15) is 12.0 Å². The summed E-state index contributed by atoms with van der Waals surface area (Å²) in [5.41, 5.74) is 2.10. The lowest BCUT2D eigenvalue weighted by Gasteiger charge is -2.53. The van der Waals surface area contributed by atoms with Crippen molar-refractivity contribution in [2.24, 2.45) is 0 Å². The zero-order chi connectivity index (χ0) is 28.0. The number of thioether (sulfide) groups is 1. The summed E-state index contributed by atoms with van der Waals surface area (Å²) in [6, 6.07) is 13.2. The lowest BCUT2D eigenvalue weighted by Crippen LogP contribution is -2.68. The molecule has 0 unspecified atom stereocenters. The first-order chi connectivity index (χ1) is 19.4. The highest BCUT2D eigenvalue weighted by atomic mass is 32.2. The van der Waals surface area contributed by atoms with Gasteiger partial charge < -0.3 is 23.8 Å². The Labute approximate surface area is 233 Å². The Morgan fingerprint density at radius 3 is 2.77 bits per heavy atom. The minimum Gasteiger partial charge on any atom is -0.451 e. The van der Waals surface area contributed by atoms with E-state index in [-0.39, 0.29) is 29.9 Å². The molecule has 3 atom stereocenters. The lowest BCUT2D eigenvalue weighted by molar-refractivity contribution is -0.0474. The number of carbonyl (C=O) groups excluding carboxylic acids is 2. The molecule has 0 aliphatic carbocycles. The van der Waals surface area contributed by atoms with Gasteiger partial charge in [0.25, 0.3) is 5.91 Å². The average Bonchev–Trinajstić information content (AvgIpc) is 3.11. The van der Waals surface area contributed by atoms with Gasteiger partial charge in [-0.3, -0.25) is 19.3 Å². The molecule has 4 heterocycles. The van der Waals surface area contributed by atoms with Crippen molar-refractivity contribution in [3.05, 3.63) is 93.2 Å². The third-order valence-electron chi connectivity index (χ3n) is 7.26. The minimum atomic E-state index is -0.990. The number of fused-ring (bicyclic) bond motifs is 4. The van der Waals surface area contributed by atoms with Crippen molar-refractivity contribution in [1.82, 2.24) is 9.58 Å². The van der Waals surface area contributed by atoms with Gasteiger partial charge in [-0.1, -0.05) is 24.3 Å². The first-order valence-corrected chi connectivity index (χ1v) is 13.7. The van der Waals surface area contributed by atoms with Crippen LogP contribution in [0.5, 0.6) is 5.75 Å². The molecule has 0 N–H and O–H groups in total. The van der Waals surface area contributed by atoms with E-state index in [1.807, 2.05) is 36.2 Å². The predicted molar refractivity (Wildman–Crippen MR) is 142 cm³/mol. The van der Waals surface area contributed by atoms with Gasteiger partial charge in [0, 0.05) is 22.9 Å². The summed E-state index contributed by atoms with van der Waals surface area (Å²) in [4.78, 5) is 41.3. The molecular formula is C28H26FN3O7S. The smallest absolute Gasteiger partial charge is 0.451 e. The second-order valence-electron chi connectivity index (χ2n) is 9.59. The number of carbonyl (C=O) groups is 2. The van der Waals surface area contributed by atoms with Crippen molar-refractivity contribution >= 4 is 23.8 Å². The molecule has 40 heavy (non-hydrogen) atoms. The Morgan fingerprint density at radius 2 is 1.95 bits per heavy atom. The van der Waals surface area contributed by atoms with Gasteiger partial charge in [-0.25, -0.2) is 9.18 Å². The van der Waals surface area contributed by atoms with Gasteiger partial charge in [-0.05, 0) is 41.8 Å². The largest absolute Gasteiger partial charge is 0.510 e. The van der Waals surface area contributed by atoms with E-state index in [1.165, 1.54) is 18.3 Å². The van der Waals surface area contributed by atoms with E-state index in [0.29, 0.717) is 12.4 Å². The molecule has 1 fully saturated rings. The molecule has 12 heteroatoms. The molecule has 0 bridgehead atoms. The summed E-state index contributed by atoms with van der Waals surface area (Å²) in [7, 11) is 1.15. The zero-order valence-electron chi connectivity index (χ0n) is 21.7. The fourth-order valence-corrected chi connectivity index (χ4v) is 6.63. The summed E-state index contributed by atoms with van der Waals surface area (Å²) in [6.45, 7) is 1.78. The minimum absolute atomic E-state index is 0.0102. The van der Waals surface area contributed by atoms with Crippen molar-refractivity contribution in [2.75, 3.05) is 32.1 Å². The van der Waals surface area contributed by atoms with Crippen molar-refractivity contribution in [1.29, 1.82) is 0 Å². The number of rotatable bonds is 4. The monoisotopic (exact) mass is 567 g/mol. The van der Waals surface area contributed by atoms with Crippen LogP contribution < -0.4 is 15.2 Å². The first-order valence-electron chi connectivity index (χ1n) is 12.7. The van der Waals surface area contributed by atoms with Crippen LogP contribution in [0, 0.1) is 5.82 Å². The standard InChI is InChI=1S/C28H26FN3O7S/c1-16-12-37-13-23-31(16)27(34)25-26(38-15-39-28(35)36-2)21(33)9-10-30(25)32(23)24-19-8-7-18(29)11-17(19)14-40-22-6-4-3-5-20(22)24/h3-11,16,23-24H,12-15H2,1-2H3/t16-,23+,24-/m0/s1. The highest BCUT2D eigenvalue weighted by molar-refractivity contribution is 7.98. The normalized spacial score (nSPS) is 21.4. The molecule has 3 aliphatic heterocycles. The van der Waals surface area contributed by atoms with Crippen LogP contribution in [0.15, 0.2) is 64.4 Å². The Hall–Kier alpha value is -4.03. The van der Waals surface area contributed by atoms with Gasteiger partial charge >= 0.3 is 6.16 Å². The number of benzene rings is 2. The molecule has 3 aromatic rings. The van der Waals surface area contributed by atoms with Crippen molar-refractivity contribution in [3.8, 4) is 5.75 Å². The maximum Gasteiger partial charge on any atom is 0.510 e. The molecule has 1 amide bonds. The molecule has 3 aliphatic rings. The molecule has 0 saturated carbocycles. The van der Waals surface area contributed by atoms with Crippen molar-refractivity contribution < 1.29 is 32.9 Å². The number of aromatic nitrogens is 1. The number of ether oxygens (including phenoxy) is 4. The summed E-state index contributed by atoms with van der Waals surface area (Å²) in [5.74, 6) is -0.447. The van der Waals surface area contributed by atoms with Crippen LogP contribution >= 0.6 is 11.8 Å². The van der Waals surface area contributed by atoms with E-state index in [2.05, 4.69) is 4.74 Å².